The molecule has 1 heterocycles. The van der Waals surface area contributed by atoms with Gasteiger partial charge >= 0.3 is 6.18 Å². The number of aromatic nitrogens is 1. The Morgan fingerprint density at radius 3 is 2.36 bits per heavy atom. The molecule has 2 aromatic rings. The van der Waals surface area contributed by atoms with Crippen LogP contribution in [0.25, 0.3) is 0 Å². The number of hydrogen-bond donors (Lipinski definition) is 2. The number of benzene rings is 1. The van der Waals surface area contributed by atoms with E-state index in [1.807, 2.05) is 24.3 Å². The largest absolute Gasteiger partial charge is 0.481 e. The van der Waals surface area contributed by atoms with Crippen LogP contribution < -0.4 is 15.4 Å². The summed E-state index contributed by atoms with van der Waals surface area (Å²) >= 11 is 0. The topological polar surface area (TPSA) is 67.8 Å². The summed E-state index contributed by atoms with van der Waals surface area (Å²) in [7, 11) is 3.23. The van der Waals surface area contributed by atoms with Crippen LogP contribution >= 0.6 is 0 Å². The van der Waals surface area contributed by atoms with Crippen molar-refractivity contribution in [3.05, 3.63) is 59.3 Å². The first-order chi connectivity index (χ1) is 13.4. The standard InChI is InChI=1S/C19H23F3N4O2/c1-23-18(25-11-16-4-3-5-17(26-16)27-2)24-10-14-6-8-15(9-7-14)12-28-13-19(20,21)22/h3-9H,10-13H2,1-2H3,(H2,23,24,25). The number of alkyl halides is 3. The highest BCUT2D eigenvalue weighted by Crippen LogP contribution is 2.15. The second-order valence-electron chi connectivity index (χ2n) is 5.88. The molecule has 1 aromatic heterocycles. The number of rotatable bonds is 8. The van der Waals surface area contributed by atoms with E-state index in [0.29, 0.717) is 30.5 Å². The zero-order valence-corrected chi connectivity index (χ0v) is 15.7. The number of methoxy groups -OCH3 is 1. The zero-order valence-electron chi connectivity index (χ0n) is 15.7. The fourth-order valence-electron chi connectivity index (χ4n) is 2.29. The van der Waals surface area contributed by atoms with Crippen LogP contribution in [0.1, 0.15) is 16.8 Å². The summed E-state index contributed by atoms with van der Waals surface area (Å²) in [4.78, 5) is 8.47. The van der Waals surface area contributed by atoms with E-state index in [0.717, 1.165) is 11.3 Å². The quantitative estimate of drug-likeness (QED) is 0.530. The smallest absolute Gasteiger partial charge is 0.411 e. The summed E-state index contributed by atoms with van der Waals surface area (Å²) in [6.45, 7) is -0.342. The minimum absolute atomic E-state index is 0.0794. The average Bonchev–Trinajstić information content (AvgIpc) is 2.68. The van der Waals surface area contributed by atoms with Crippen LogP contribution in [0.5, 0.6) is 5.88 Å². The maximum atomic E-state index is 12.1. The van der Waals surface area contributed by atoms with Gasteiger partial charge in [-0.05, 0) is 17.2 Å². The SMILES string of the molecule is CN=C(NCc1ccc(COCC(F)(F)F)cc1)NCc1cccc(OC)n1. The van der Waals surface area contributed by atoms with Crippen molar-refractivity contribution in [2.24, 2.45) is 4.99 Å². The van der Waals surface area contributed by atoms with Gasteiger partial charge < -0.3 is 20.1 Å². The first-order valence-electron chi connectivity index (χ1n) is 8.56. The molecule has 6 nitrogen and oxygen atoms in total. The van der Waals surface area contributed by atoms with E-state index in [-0.39, 0.29) is 6.61 Å². The van der Waals surface area contributed by atoms with Gasteiger partial charge in [-0.2, -0.15) is 13.2 Å². The summed E-state index contributed by atoms with van der Waals surface area (Å²) < 4.78 is 46.0. The monoisotopic (exact) mass is 396 g/mol. The van der Waals surface area contributed by atoms with Gasteiger partial charge in [0, 0.05) is 19.7 Å². The lowest BCUT2D eigenvalue weighted by Gasteiger charge is -2.12. The normalized spacial score (nSPS) is 12.0. The van der Waals surface area contributed by atoms with E-state index in [4.69, 9.17) is 4.74 Å². The van der Waals surface area contributed by atoms with Crippen molar-refractivity contribution < 1.29 is 22.6 Å². The van der Waals surface area contributed by atoms with Gasteiger partial charge in [-0.1, -0.05) is 30.3 Å². The summed E-state index contributed by atoms with van der Waals surface area (Å²) in [6.07, 6.45) is -4.31. The maximum absolute atomic E-state index is 12.1. The molecule has 0 aliphatic carbocycles. The van der Waals surface area contributed by atoms with Gasteiger partial charge in [0.15, 0.2) is 5.96 Å². The Kier molecular flexibility index (Phi) is 8.06. The Balaban J connectivity index is 1.78. The Hall–Kier alpha value is -2.81. The number of ether oxygens (including phenoxy) is 2. The molecule has 0 aliphatic heterocycles. The first kappa shape index (κ1) is 21.5. The van der Waals surface area contributed by atoms with Gasteiger partial charge in [0.1, 0.15) is 6.61 Å². The number of aliphatic imine (C=N–C) groups is 1. The molecular formula is C19H23F3N4O2. The second kappa shape index (κ2) is 10.5. The molecule has 2 N–H and O–H groups in total. The van der Waals surface area contributed by atoms with Crippen molar-refractivity contribution in [3.8, 4) is 5.88 Å². The second-order valence-corrected chi connectivity index (χ2v) is 5.88. The van der Waals surface area contributed by atoms with Gasteiger partial charge in [0.2, 0.25) is 5.88 Å². The summed E-state index contributed by atoms with van der Waals surface area (Å²) in [5.74, 6) is 1.14. The highest BCUT2D eigenvalue weighted by Gasteiger charge is 2.27. The molecule has 0 fully saturated rings. The van der Waals surface area contributed by atoms with Crippen LogP contribution in [0, 0.1) is 0 Å². The third-order valence-electron chi connectivity index (χ3n) is 3.67. The van der Waals surface area contributed by atoms with Crippen molar-refractivity contribution in [3.63, 3.8) is 0 Å². The zero-order chi connectivity index (χ0) is 20.4. The van der Waals surface area contributed by atoms with Gasteiger partial charge in [0.05, 0.1) is 26.0 Å². The van der Waals surface area contributed by atoms with Crippen LogP contribution in [0.2, 0.25) is 0 Å². The van der Waals surface area contributed by atoms with Gasteiger partial charge in [0.25, 0.3) is 0 Å². The number of hydrogen-bond acceptors (Lipinski definition) is 4. The predicted octanol–water partition coefficient (Wildman–Crippen LogP) is 3.03. The van der Waals surface area contributed by atoms with E-state index in [2.05, 4.69) is 25.3 Å². The van der Waals surface area contributed by atoms with Crippen LogP contribution in [0.3, 0.4) is 0 Å². The van der Waals surface area contributed by atoms with Gasteiger partial charge in [-0.3, -0.25) is 4.99 Å². The number of halogens is 3. The molecule has 152 valence electrons. The third-order valence-corrected chi connectivity index (χ3v) is 3.67. The Morgan fingerprint density at radius 2 is 1.71 bits per heavy atom. The lowest BCUT2D eigenvalue weighted by atomic mass is 10.1. The highest BCUT2D eigenvalue weighted by atomic mass is 19.4. The van der Waals surface area contributed by atoms with Crippen molar-refractivity contribution in [2.75, 3.05) is 20.8 Å². The fourth-order valence-corrected chi connectivity index (χ4v) is 2.29. The minimum Gasteiger partial charge on any atom is -0.481 e. The molecule has 0 unspecified atom stereocenters. The van der Waals surface area contributed by atoms with E-state index in [1.54, 1.807) is 32.4 Å². The molecule has 0 bridgehead atoms. The molecule has 0 aliphatic rings. The number of guanidine groups is 1. The molecule has 9 heteroatoms. The summed E-state index contributed by atoms with van der Waals surface area (Å²) in [5.41, 5.74) is 2.45. The van der Waals surface area contributed by atoms with Crippen molar-refractivity contribution >= 4 is 5.96 Å². The van der Waals surface area contributed by atoms with Crippen molar-refractivity contribution in [2.45, 2.75) is 25.9 Å². The minimum atomic E-state index is -4.31. The Labute approximate surface area is 161 Å². The van der Waals surface area contributed by atoms with Crippen LogP contribution in [-0.2, 0) is 24.4 Å². The average molecular weight is 396 g/mol. The van der Waals surface area contributed by atoms with Crippen molar-refractivity contribution in [1.82, 2.24) is 15.6 Å². The van der Waals surface area contributed by atoms with Gasteiger partial charge in [-0.25, -0.2) is 4.98 Å². The Morgan fingerprint density at radius 1 is 1.04 bits per heavy atom. The number of nitrogens with one attached hydrogen (secondary N) is 2. The third kappa shape index (κ3) is 7.83. The van der Waals surface area contributed by atoms with E-state index >= 15 is 0 Å². The summed E-state index contributed by atoms with van der Waals surface area (Å²) in [6, 6.07) is 12.6. The lowest BCUT2D eigenvalue weighted by Crippen LogP contribution is -2.36. The van der Waals surface area contributed by atoms with Crippen LogP contribution in [0.4, 0.5) is 13.2 Å². The molecule has 0 saturated carbocycles. The predicted molar refractivity (Wildman–Crippen MR) is 100.0 cm³/mol. The van der Waals surface area contributed by atoms with E-state index in [1.165, 1.54) is 0 Å². The fraction of sp³-hybridized carbons (Fsp3) is 0.368. The van der Waals surface area contributed by atoms with Gasteiger partial charge in [-0.15, -0.1) is 0 Å². The molecule has 28 heavy (non-hydrogen) atoms. The molecule has 1 aromatic carbocycles. The first-order valence-corrected chi connectivity index (χ1v) is 8.56. The molecule has 0 amide bonds. The van der Waals surface area contributed by atoms with Crippen molar-refractivity contribution in [1.29, 1.82) is 0 Å². The molecular weight excluding hydrogens is 373 g/mol. The summed E-state index contributed by atoms with van der Waals surface area (Å²) in [5, 5.41) is 6.32. The molecule has 0 saturated heterocycles. The van der Waals surface area contributed by atoms with E-state index in [9.17, 15) is 13.2 Å². The van der Waals surface area contributed by atoms with Crippen LogP contribution in [0.15, 0.2) is 47.5 Å². The van der Waals surface area contributed by atoms with Crippen LogP contribution in [-0.4, -0.2) is 37.9 Å². The number of nitrogens with zero attached hydrogens (tertiary/aromatic N) is 2. The molecule has 0 atom stereocenters. The highest BCUT2D eigenvalue weighted by molar-refractivity contribution is 5.79. The number of pyridine rings is 1. The lowest BCUT2D eigenvalue weighted by molar-refractivity contribution is -0.176. The molecule has 0 spiro atoms. The molecule has 2 rings (SSSR count). The van der Waals surface area contributed by atoms with E-state index < -0.39 is 12.8 Å². The Bertz CT molecular complexity index is 765. The molecule has 0 radical (unpaired) electrons. The maximum Gasteiger partial charge on any atom is 0.411 e.